The maximum atomic E-state index is 15.0. The van der Waals surface area contributed by atoms with Crippen molar-refractivity contribution in [2.75, 3.05) is 13.2 Å². The number of fused-ring (bicyclic) bond motifs is 5. The Morgan fingerprint density at radius 2 is 1.79 bits per heavy atom. The number of nitrogens with zero attached hydrogens (tertiary/aromatic N) is 2. The summed E-state index contributed by atoms with van der Waals surface area (Å²) in [6, 6.07) is 4.85. The van der Waals surface area contributed by atoms with Crippen LogP contribution in [0.5, 0.6) is 11.6 Å². The van der Waals surface area contributed by atoms with Crippen LogP contribution < -0.4 is 24.8 Å². The number of carbonyl (C=O) groups excluding carboxylic acids is 4. The van der Waals surface area contributed by atoms with E-state index in [1.165, 1.54) is 17.1 Å². The molecule has 4 aliphatic carbocycles. The first kappa shape index (κ1) is 42.2. The smallest absolute Gasteiger partial charge is 0.408 e. The summed E-state index contributed by atoms with van der Waals surface area (Å²) < 4.78 is 46.6. The number of para-hydroxylation sites is 1. The lowest BCUT2D eigenvalue weighted by Crippen LogP contribution is -2.67. The Morgan fingerprint density at radius 1 is 1.02 bits per heavy atom. The highest BCUT2D eigenvalue weighted by Gasteiger charge is 2.53. The zero-order valence-corrected chi connectivity index (χ0v) is 34.8. The Hall–Kier alpha value is -5.45. The Morgan fingerprint density at radius 3 is 2.51 bits per heavy atom. The molecule has 16 nitrogen and oxygen atoms in total. The van der Waals surface area contributed by atoms with Crippen LogP contribution in [0.15, 0.2) is 61.2 Å². The van der Waals surface area contributed by atoms with E-state index in [0.717, 1.165) is 32.1 Å². The molecule has 1 saturated heterocycles. The molecule has 1 aromatic carbocycles. The monoisotopic (exact) mass is 859 g/mol. The summed E-state index contributed by atoms with van der Waals surface area (Å²) in [6.45, 7) is 3.07. The third-order valence-corrected chi connectivity index (χ3v) is 14.9. The summed E-state index contributed by atoms with van der Waals surface area (Å²) in [4.78, 5) is 75.2. The molecule has 3 saturated carbocycles. The van der Waals surface area contributed by atoms with Gasteiger partial charge in [0.2, 0.25) is 27.7 Å². The number of aromatic nitrogens is 1. The van der Waals surface area contributed by atoms with Crippen LogP contribution in [-0.4, -0.2) is 101 Å². The van der Waals surface area contributed by atoms with Crippen LogP contribution in [0.4, 0.5) is 4.79 Å². The quantitative estimate of drug-likeness (QED) is 0.247. The van der Waals surface area contributed by atoms with Crippen molar-refractivity contribution in [3.8, 4) is 11.6 Å². The van der Waals surface area contributed by atoms with Gasteiger partial charge in [0.05, 0.1) is 22.9 Å². The molecule has 2 bridgehead atoms. The highest BCUT2D eigenvalue weighted by Crippen LogP contribution is 2.40. The molecule has 2 aliphatic heterocycles. The third kappa shape index (κ3) is 8.84. The van der Waals surface area contributed by atoms with E-state index in [1.807, 2.05) is 12.2 Å². The molecule has 61 heavy (non-hydrogen) atoms. The summed E-state index contributed by atoms with van der Waals surface area (Å²) in [6.07, 6.45) is 14.6. The van der Waals surface area contributed by atoms with Gasteiger partial charge in [0, 0.05) is 17.7 Å². The zero-order chi connectivity index (χ0) is 42.9. The topological polar surface area (TPSA) is 220 Å². The lowest BCUT2D eigenvalue weighted by molar-refractivity contribution is -0.142. The van der Waals surface area contributed by atoms with Crippen molar-refractivity contribution in [1.82, 2.24) is 25.2 Å². The minimum atomic E-state index is -3.99. The number of carboxylic acid groups (broad SMARTS) is 1. The predicted octanol–water partition coefficient (Wildman–Crippen LogP) is 4.23. The first-order valence-corrected chi connectivity index (χ1v) is 23.0. The van der Waals surface area contributed by atoms with Crippen LogP contribution in [0.1, 0.15) is 82.6 Å². The van der Waals surface area contributed by atoms with Gasteiger partial charge in [-0.2, -0.15) is 0 Å². The second-order valence-corrected chi connectivity index (χ2v) is 19.1. The van der Waals surface area contributed by atoms with E-state index in [0.29, 0.717) is 55.0 Å². The van der Waals surface area contributed by atoms with E-state index in [1.54, 1.807) is 30.3 Å². The normalized spacial score (nSPS) is 29.5. The molecule has 8 rings (SSSR count). The molecule has 1 aromatic heterocycles. The van der Waals surface area contributed by atoms with E-state index in [4.69, 9.17) is 19.2 Å². The lowest BCUT2D eigenvalue weighted by Gasteiger charge is -2.42. The van der Waals surface area contributed by atoms with Crippen molar-refractivity contribution in [1.29, 1.82) is 0 Å². The molecule has 6 aliphatic rings. The van der Waals surface area contributed by atoms with Gasteiger partial charge in [-0.3, -0.25) is 19.1 Å². The molecule has 2 aromatic rings. The zero-order valence-electron chi connectivity index (χ0n) is 34.0. The average Bonchev–Trinajstić information content (AvgIpc) is 3.55. The molecule has 7 atom stereocenters. The standard InChI is InChI=1S/C44H53N5O11S/c1-2-28-21-22-44(28,42(54)48-61(56,57)30-19-20-30)47-39(52)34-23-29-24-49(34)41(53)37(27-12-6-7-13-27)46-43(55)60-35-18-10-14-26(35)11-4-3-5-16-32-38(58-25-36(50)51)31-15-8-9-17-33(31)45-40(32)59-29/h2-3,5,8-9,15,17,21-22,26-30,34-35,37H,1,4,6-7,10-14,16,18-20,23-25H2,(H,46,55)(H,47,52)(H,48,54)(H,50,51). The summed E-state index contributed by atoms with van der Waals surface area (Å²) in [5.74, 6) is -3.80. The summed E-state index contributed by atoms with van der Waals surface area (Å²) >= 11 is 0. The number of carbonyl (C=O) groups is 5. The van der Waals surface area contributed by atoms with Crippen molar-refractivity contribution in [2.24, 2.45) is 17.8 Å². The van der Waals surface area contributed by atoms with Gasteiger partial charge < -0.3 is 34.9 Å². The first-order valence-electron chi connectivity index (χ1n) is 21.4. The van der Waals surface area contributed by atoms with Crippen LogP contribution in [0.3, 0.4) is 0 Å². The molecule has 7 unspecified atom stereocenters. The molecule has 4 amide bonds. The number of benzene rings is 1. The fraction of sp³-hybridized carbons (Fsp3) is 0.545. The molecule has 3 heterocycles. The fourth-order valence-corrected chi connectivity index (χ4v) is 11.0. The number of hydrogen-bond donors (Lipinski definition) is 4. The number of ether oxygens (including phenoxy) is 3. The molecule has 0 spiro atoms. The van der Waals surface area contributed by atoms with E-state index in [2.05, 4.69) is 21.9 Å². The highest BCUT2D eigenvalue weighted by atomic mass is 32.2. The van der Waals surface area contributed by atoms with Gasteiger partial charge in [0.15, 0.2) is 6.61 Å². The number of carboxylic acids is 1. The Balaban J connectivity index is 1.18. The molecular formula is C44H53N5O11S. The van der Waals surface area contributed by atoms with Gasteiger partial charge in [0.25, 0.3) is 5.91 Å². The van der Waals surface area contributed by atoms with E-state index < -0.39 is 81.3 Å². The Labute approximate surface area is 354 Å². The molecule has 0 radical (unpaired) electrons. The first-order chi connectivity index (χ1) is 29.4. The van der Waals surface area contributed by atoms with Crippen molar-refractivity contribution < 1.29 is 51.7 Å². The van der Waals surface area contributed by atoms with Gasteiger partial charge in [0.1, 0.15) is 35.6 Å². The number of rotatable bonds is 10. The number of alkyl carbamates (subject to hydrolysis) is 1. The van der Waals surface area contributed by atoms with Gasteiger partial charge >= 0.3 is 12.1 Å². The molecular weight excluding hydrogens is 807 g/mol. The van der Waals surface area contributed by atoms with Crippen molar-refractivity contribution in [3.05, 3.63) is 66.8 Å². The van der Waals surface area contributed by atoms with Gasteiger partial charge in [-0.1, -0.05) is 55.4 Å². The van der Waals surface area contributed by atoms with Gasteiger partial charge in [-0.25, -0.2) is 23.0 Å². The Kier molecular flexibility index (Phi) is 12.1. The van der Waals surface area contributed by atoms with Crippen LogP contribution >= 0.6 is 0 Å². The number of sulfonamides is 1. The minimum Gasteiger partial charge on any atom is -0.481 e. The fourth-order valence-electron chi connectivity index (χ4n) is 9.61. The predicted molar refractivity (Wildman–Crippen MR) is 222 cm³/mol. The van der Waals surface area contributed by atoms with E-state index >= 15 is 0 Å². The van der Waals surface area contributed by atoms with Crippen LogP contribution in [0.25, 0.3) is 10.9 Å². The minimum absolute atomic E-state index is 0.0706. The average molecular weight is 860 g/mol. The molecule has 17 heteroatoms. The second-order valence-electron chi connectivity index (χ2n) is 17.1. The van der Waals surface area contributed by atoms with Gasteiger partial charge in [-0.05, 0) is 88.2 Å². The highest BCUT2D eigenvalue weighted by molar-refractivity contribution is 7.91. The third-order valence-electron chi connectivity index (χ3n) is 13.1. The lowest BCUT2D eigenvalue weighted by atomic mass is 9.73. The van der Waals surface area contributed by atoms with Gasteiger partial charge in [-0.15, -0.1) is 6.58 Å². The number of aliphatic carboxylic acids is 1. The van der Waals surface area contributed by atoms with Crippen LogP contribution in [-0.2, 0) is 40.4 Å². The van der Waals surface area contributed by atoms with Crippen LogP contribution in [0.2, 0.25) is 0 Å². The maximum absolute atomic E-state index is 15.0. The second kappa shape index (κ2) is 17.5. The summed E-state index contributed by atoms with van der Waals surface area (Å²) in [5.41, 5.74) is -0.839. The number of pyridine rings is 1. The van der Waals surface area contributed by atoms with E-state index in [-0.39, 0.29) is 49.0 Å². The number of amides is 4. The largest absolute Gasteiger partial charge is 0.481 e. The Bertz CT molecular complexity index is 2250. The SMILES string of the molecule is C=CC1C=CC1(NC(=O)C1CC2CN1C(=O)C(C1CCCC1)NC(=O)OC1CCCC1CCC=CCc1c(nc3ccccc3c1OCC(=O)O)O2)C(=O)NS(=O)(=O)C1CC1. The van der Waals surface area contributed by atoms with Crippen molar-refractivity contribution in [2.45, 2.75) is 119 Å². The molecule has 4 N–H and O–H groups in total. The maximum Gasteiger partial charge on any atom is 0.408 e. The molecule has 4 fully saturated rings. The van der Waals surface area contributed by atoms with Crippen molar-refractivity contribution >= 4 is 50.7 Å². The number of hydrogen-bond acceptors (Lipinski definition) is 11. The summed E-state index contributed by atoms with van der Waals surface area (Å²) in [7, 11) is -3.99. The number of nitrogens with one attached hydrogen (secondary N) is 3. The van der Waals surface area contributed by atoms with Crippen molar-refractivity contribution in [3.63, 3.8) is 0 Å². The summed E-state index contributed by atoms with van der Waals surface area (Å²) in [5, 5.41) is 15.2. The van der Waals surface area contributed by atoms with Crippen LogP contribution in [0, 0.1) is 17.8 Å². The van der Waals surface area contributed by atoms with E-state index in [9.17, 15) is 37.5 Å². The molecule has 326 valence electrons. The number of allylic oxidation sites excluding steroid dienone is 2.